The van der Waals surface area contributed by atoms with Gasteiger partial charge in [-0.05, 0) is 24.6 Å². The van der Waals surface area contributed by atoms with Crippen molar-refractivity contribution in [2.45, 2.75) is 33.4 Å². The summed E-state index contributed by atoms with van der Waals surface area (Å²) in [7, 11) is 0. The van der Waals surface area contributed by atoms with Crippen LogP contribution in [0.15, 0.2) is 29.4 Å². The lowest BCUT2D eigenvalue weighted by Gasteiger charge is -2.09. The normalized spacial score (nSPS) is 11.9. The molecule has 0 aliphatic heterocycles. The highest BCUT2D eigenvalue weighted by molar-refractivity contribution is 6.25. The Bertz CT molecular complexity index is 360. The molecule has 0 aromatic carbocycles. The largest absolute Gasteiger partial charge is 0.488 e. The maximum absolute atomic E-state index is 5.55. The first-order valence-corrected chi connectivity index (χ1v) is 6.12. The molecule has 0 saturated heterocycles. The predicted octanol–water partition coefficient (Wildman–Crippen LogP) is 3.10. The van der Waals surface area contributed by atoms with Crippen molar-refractivity contribution in [3.63, 3.8) is 0 Å². The summed E-state index contributed by atoms with van der Waals surface area (Å²) < 4.78 is 5.50. The van der Waals surface area contributed by atoms with Crippen molar-refractivity contribution >= 4 is 11.6 Å². The molecule has 0 saturated carbocycles. The van der Waals surface area contributed by atoms with Gasteiger partial charge in [-0.25, -0.2) is 0 Å². The second-order valence-electron chi connectivity index (χ2n) is 4.26. The van der Waals surface area contributed by atoms with E-state index in [-0.39, 0.29) is 0 Å². The summed E-state index contributed by atoms with van der Waals surface area (Å²) in [6.45, 7) is 7.41. The van der Waals surface area contributed by atoms with E-state index in [1.165, 1.54) is 5.54 Å². The first kappa shape index (κ1) is 14.0. The lowest BCUT2D eigenvalue weighted by atomic mass is 10.3. The summed E-state index contributed by atoms with van der Waals surface area (Å²) in [6, 6.07) is 4.35. The molecule has 94 valence electrons. The standard InChI is InChI=1S/C13H19ClN2O/c1-10(2)15-7-12-4-5-13(8-16-12)17-9-11(3)6-14/h4-6,8,10,15H,7,9H2,1-3H3/b11-6+. The number of nitrogens with zero attached hydrogens (tertiary/aromatic N) is 1. The van der Waals surface area contributed by atoms with Crippen molar-refractivity contribution in [3.8, 4) is 5.75 Å². The second-order valence-corrected chi connectivity index (χ2v) is 4.48. The van der Waals surface area contributed by atoms with Crippen LogP contribution >= 0.6 is 11.6 Å². The molecule has 0 aliphatic carbocycles. The smallest absolute Gasteiger partial charge is 0.138 e. The molecule has 0 fully saturated rings. The fourth-order valence-electron chi connectivity index (χ4n) is 1.14. The van der Waals surface area contributed by atoms with Gasteiger partial charge in [0.25, 0.3) is 0 Å². The number of ether oxygens (including phenoxy) is 1. The predicted molar refractivity (Wildman–Crippen MR) is 71.3 cm³/mol. The molecular weight excluding hydrogens is 236 g/mol. The number of hydrogen-bond donors (Lipinski definition) is 1. The number of hydrogen-bond acceptors (Lipinski definition) is 3. The third kappa shape index (κ3) is 5.71. The van der Waals surface area contributed by atoms with Gasteiger partial charge in [-0.3, -0.25) is 4.98 Å². The van der Waals surface area contributed by atoms with Gasteiger partial charge in [0, 0.05) is 18.1 Å². The molecule has 1 N–H and O–H groups in total. The molecule has 1 heterocycles. The number of pyridine rings is 1. The number of halogens is 1. The molecule has 4 heteroatoms. The summed E-state index contributed by atoms with van der Waals surface area (Å²) in [4.78, 5) is 4.31. The van der Waals surface area contributed by atoms with E-state index in [9.17, 15) is 0 Å². The maximum atomic E-state index is 5.55. The number of aromatic nitrogens is 1. The van der Waals surface area contributed by atoms with Gasteiger partial charge in [0.1, 0.15) is 12.4 Å². The Morgan fingerprint density at radius 2 is 2.29 bits per heavy atom. The van der Waals surface area contributed by atoms with Gasteiger partial charge < -0.3 is 10.1 Å². The summed E-state index contributed by atoms with van der Waals surface area (Å²) in [6.07, 6.45) is 1.73. The Labute approximate surface area is 108 Å². The highest BCUT2D eigenvalue weighted by Gasteiger charge is 1.99. The Hall–Kier alpha value is -1.06. The van der Waals surface area contributed by atoms with E-state index in [1.54, 1.807) is 6.20 Å². The van der Waals surface area contributed by atoms with Crippen molar-refractivity contribution in [3.05, 3.63) is 35.1 Å². The average molecular weight is 255 g/mol. The maximum Gasteiger partial charge on any atom is 0.138 e. The lowest BCUT2D eigenvalue weighted by Crippen LogP contribution is -2.22. The molecule has 0 amide bonds. The Morgan fingerprint density at radius 3 is 2.82 bits per heavy atom. The van der Waals surface area contributed by atoms with Crippen molar-refractivity contribution in [1.82, 2.24) is 10.3 Å². The molecule has 3 nitrogen and oxygen atoms in total. The van der Waals surface area contributed by atoms with Crippen molar-refractivity contribution in [2.24, 2.45) is 0 Å². The molecule has 0 aliphatic rings. The molecule has 1 aromatic rings. The SMILES string of the molecule is C/C(=C\Cl)COc1ccc(CNC(C)C)nc1. The molecule has 0 spiro atoms. The van der Waals surface area contributed by atoms with Crippen LogP contribution in [0.25, 0.3) is 0 Å². The highest BCUT2D eigenvalue weighted by Crippen LogP contribution is 2.10. The summed E-state index contributed by atoms with van der Waals surface area (Å²) in [5, 5.41) is 3.31. The van der Waals surface area contributed by atoms with E-state index in [4.69, 9.17) is 16.3 Å². The minimum atomic E-state index is 0.462. The Balaban J connectivity index is 2.44. The van der Waals surface area contributed by atoms with Gasteiger partial charge in [0.05, 0.1) is 11.9 Å². The van der Waals surface area contributed by atoms with E-state index >= 15 is 0 Å². The molecule has 1 rings (SSSR count). The number of nitrogens with one attached hydrogen (secondary N) is 1. The van der Waals surface area contributed by atoms with Crippen molar-refractivity contribution < 1.29 is 4.74 Å². The zero-order valence-electron chi connectivity index (χ0n) is 10.5. The second kappa shape index (κ2) is 7.30. The monoisotopic (exact) mass is 254 g/mol. The third-order valence-corrected chi connectivity index (χ3v) is 2.51. The van der Waals surface area contributed by atoms with Crippen molar-refractivity contribution in [2.75, 3.05) is 6.61 Å². The molecule has 17 heavy (non-hydrogen) atoms. The first-order valence-electron chi connectivity index (χ1n) is 5.68. The fraction of sp³-hybridized carbons (Fsp3) is 0.462. The average Bonchev–Trinajstić information content (AvgIpc) is 2.34. The van der Waals surface area contributed by atoms with Crippen LogP contribution in [0.3, 0.4) is 0 Å². The Kier molecular flexibility index (Phi) is 6.01. The van der Waals surface area contributed by atoms with E-state index in [1.807, 2.05) is 19.1 Å². The number of rotatable bonds is 6. The minimum absolute atomic E-state index is 0.462. The van der Waals surface area contributed by atoms with Crippen LogP contribution in [0, 0.1) is 0 Å². The minimum Gasteiger partial charge on any atom is -0.488 e. The van der Waals surface area contributed by atoms with Gasteiger partial charge in [-0.15, -0.1) is 0 Å². The van der Waals surface area contributed by atoms with Gasteiger partial charge in [0.2, 0.25) is 0 Å². The van der Waals surface area contributed by atoms with Gasteiger partial charge in [0.15, 0.2) is 0 Å². The molecule has 0 atom stereocenters. The van der Waals surface area contributed by atoms with Crippen LogP contribution in [0.4, 0.5) is 0 Å². The van der Waals surface area contributed by atoms with Crippen LogP contribution in [0.1, 0.15) is 26.5 Å². The zero-order chi connectivity index (χ0) is 12.7. The fourth-order valence-corrected chi connectivity index (χ4v) is 1.20. The Morgan fingerprint density at radius 1 is 1.53 bits per heavy atom. The first-order chi connectivity index (χ1) is 8.11. The summed E-state index contributed by atoms with van der Waals surface area (Å²) >= 11 is 5.55. The van der Waals surface area contributed by atoms with Crippen LogP contribution in [-0.2, 0) is 6.54 Å². The van der Waals surface area contributed by atoms with Gasteiger partial charge >= 0.3 is 0 Å². The zero-order valence-corrected chi connectivity index (χ0v) is 11.3. The van der Waals surface area contributed by atoms with E-state index < -0.39 is 0 Å². The highest BCUT2D eigenvalue weighted by atomic mass is 35.5. The molecule has 0 radical (unpaired) electrons. The van der Waals surface area contributed by atoms with Crippen LogP contribution in [0.2, 0.25) is 0 Å². The summed E-state index contributed by atoms with van der Waals surface area (Å²) in [5.74, 6) is 0.760. The lowest BCUT2D eigenvalue weighted by molar-refractivity contribution is 0.350. The summed E-state index contributed by atoms with van der Waals surface area (Å²) in [5.41, 5.74) is 3.52. The molecule has 0 unspecified atom stereocenters. The van der Waals surface area contributed by atoms with Crippen molar-refractivity contribution in [1.29, 1.82) is 0 Å². The quantitative estimate of drug-likeness (QED) is 0.847. The van der Waals surface area contributed by atoms with Crippen LogP contribution in [-0.4, -0.2) is 17.6 Å². The topological polar surface area (TPSA) is 34.1 Å². The van der Waals surface area contributed by atoms with E-state index in [0.717, 1.165) is 23.6 Å². The van der Waals surface area contributed by atoms with E-state index in [0.29, 0.717) is 12.6 Å². The molecule has 0 bridgehead atoms. The van der Waals surface area contributed by atoms with Gasteiger partial charge in [-0.1, -0.05) is 25.4 Å². The van der Waals surface area contributed by atoms with E-state index in [2.05, 4.69) is 24.1 Å². The van der Waals surface area contributed by atoms with Crippen LogP contribution < -0.4 is 10.1 Å². The molecule has 1 aromatic heterocycles. The molecular formula is C13H19ClN2O. The third-order valence-electron chi connectivity index (χ3n) is 2.14. The van der Waals surface area contributed by atoms with Crippen LogP contribution in [0.5, 0.6) is 5.75 Å². The van der Waals surface area contributed by atoms with Gasteiger partial charge in [-0.2, -0.15) is 0 Å².